The number of hydrogen-bond donors (Lipinski definition) is 1. The van der Waals surface area contributed by atoms with Crippen LogP contribution >= 0.6 is 0 Å². The Hall–Kier alpha value is -0.890. The summed E-state index contributed by atoms with van der Waals surface area (Å²) in [5.41, 5.74) is 0. The van der Waals surface area contributed by atoms with E-state index >= 15 is 0 Å². The largest absolute Gasteiger partial charge is 0.468 e. The molecular formula is C12H21N3O3S. The van der Waals surface area contributed by atoms with Crippen LogP contribution in [0, 0.1) is 0 Å². The van der Waals surface area contributed by atoms with Crippen LogP contribution in [0.2, 0.25) is 0 Å². The lowest BCUT2D eigenvalue weighted by atomic mass is 10.3. The zero-order chi connectivity index (χ0) is 13.7. The first-order valence-corrected chi connectivity index (χ1v) is 8.31. The van der Waals surface area contributed by atoms with Crippen LogP contribution in [0.15, 0.2) is 22.8 Å². The summed E-state index contributed by atoms with van der Waals surface area (Å²) < 4.78 is 29.5. The van der Waals surface area contributed by atoms with E-state index in [-0.39, 0.29) is 0 Å². The zero-order valence-corrected chi connectivity index (χ0v) is 12.0. The standard InChI is InChI=1S/C12H21N3O3S/c1-19(16,17)15-8-6-14(7-9-15)5-4-13-11-12-3-2-10-18-12/h2-3,10,13H,4-9,11H2,1H3. The van der Waals surface area contributed by atoms with Gasteiger partial charge < -0.3 is 9.73 Å². The Labute approximate surface area is 114 Å². The number of furan rings is 1. The molecule has 0 saturated carbocycles. The van der Waals surface area contributed by atoms with E-state index in [9.17, 15) is 8.42 Å². The molecule has 7 heteroatoms. The van der Waals surface area contributed by atoms with Gasteiger partial charge in [0, 0.05) is 39.3 Å². The third-order valence-corrected chi connectivity index (χ3v) is 4.59. The summed E-state index contributed by atoms with van der Waals surface area (Å²) in [6.07, 6.45) is 2.94. The fourth-order valence-corrected chi connectivity index (χ4v) is 2.97. The third-order valence-electron chi connectivity index (χ3n) is 3.28. The van der Waals surface area contributed by atoms with Crippen molar-refractivity contribution in [1.82, 2.24) is 14.5 Å². The molecule has 6 nitrogen and oxygen atoms in total. The predicted molar refractivity (Wildman–Crippen MR) is 73.3 cm³/mol. The Bertz CT molecular complexity index is 464. The molecule has 0 radical (unpaired) electrons. The molecular weight excluding hydrogens is 266 g/mol. The van der Waals surface area contributed by atoms with Gasteiger partial charge in [-0.15, -0.1) is 0 Å². The van der Waals surface area contributed by atoms with Crippen LogP contribution in [0.25, 0.3) is 0 Å². The Morgan fingerprint density at radius 2 is 2.05 bits per heavy atom. The molecule has 1 aromatic heterocycles. The second-order valence-corrected chi connectivity index (χ2v) is 6.74. The average molecular weight is 287 g/mol. The van der Waals surface area contributed by atoms with E-state index in [4.69, 9.17) is 4.42 Å². The molecule has 1 N–H and O–H groups in total. The highest BCUT2D eigenvalue weighted by atomic mass is 32.2. The molecule has 0 spiro atoms. The van der Waals surface area contributed by atoms with Crippen molar-refractivity contribution in [1.29, 1.82) is 0 Å². The normalized spacial score (nSPS) is 18.8. The molecule has 2 heterocycles. The maximum atomic E-state index is 11.4. The Kier molecular flexibility index (Phi) is 4.98. The second kappa shape index (κ2) is 6.51. The number of rotatable bonds is 6. The van der Waals surface area contributed by atoms with Crippen LogP contribution in [-0.2, 0) is 16.6 Å². The fourth-order valence-electron chi connectivity index (χ4n) is 2.15. The highest BCUT2D eigenvalue weighted by Gasteiger charge is 2.22. The van der Waals surface area contributed by atoms with Gasteiger partial charge in [0.15, 0.2) is 0 Å². The lowest BCUT2D eigenvalue weighted by Gasteiger charge is -2.33. The molecule has 1 fully saturated rings. The first-order chi connectivity index (χ1) is 9.05. The van der Waals surface area contributed by atoms with Gasteiger partial charge >= 0.3 is 0 Å². The van der Waals surface area contributed by atoms with E-state index in [0.29, 0.717) is 13.1 Å². The molecule has 0 bridgehead atoms. The van der Waals surface area contributed by atoms with E-state index in [1.165, 1.54) is 6.26 Å². The Morgan fingerprint density at radius 1 is 1.32 bits per heavy atom. The van der Waals surface area contributed by atoms with Crippen LogP contribution in [0.3, 0.4) is 0 Å². The molecule has 0 amide bonds. The van der Waals surface area contributed by atoms with Crippen molar-refractivity contribution in [2.45, 2.75) is 6.54 Å². The first-order valence-electron chi connectivity index (χ1n) is 6.46. The predicted octanol–water partition coefficient (Wildman–Crippen LogP) is -0.0536. The van der Waals surface area contributed by atoms with Gasteiger partial charge in [-0.3, -0.25) is 4.90 Å². The first kappa shape index (κ1) is 14.5. The van der Waals surface area contributed by atoms with Crippen molar-refractivity contribution in [3.8, 4) is 0 Å². The summed E-state index contributed by atoms with van der Waals surface area (Å²) >= 11 is 0. The topological polar surface area (TPSA) is 65.8 Å². The molecule has 1 saturated heterocycles. The van der Waals surface area contributed by atoms with E-state index in [2.05, 4.69) is 10.2 Å². The van der Waals surface area contributed by atoms with E-state index in [0.717, 1.165) is 38.5 Å². The van der Waals surface area contributed by atoms with Gasteiger partial charge in [0.1, 0.15) is 5.76 Å². The van der Waals surface area contributed by atoms with Crippen LogP contribution in [-0.4, -0.2) is 63.1 Å². The van der Waals surface area contributed by atoms with Gasteiger partial charge in [0.2, 0.25) is 10.0 Å². The van der Waals surface area contributed by atoms with Crippen molar-refractivity contribution >= 4 is 10.0 Å². The SMILES string of the molecule is CS(=O)(=O)N1CCN(CCNCc2ccco2)CC1. The molecule has 0 aliphatic carbocycles. The minimum absolute atomic E-state index is 0.594. The molecule has 1 aromatic rings. The van der Waals surface area contributed by atoms with E-state index in [1.807, 2.05) is 12.1 Å². The molecule has 108 valence electrons. The molecule has 1 aliphatic rings. The van der Waals surface area contributed by atoms with Crippen LogP contribution < -0.4 is 5.32 Å². The summed E-state index contributed by atoms with van der Waals surface area (Å²) in [5.74, 6) is 0.932. The highest BCUT2D eigenvalue weighted by Crippen LogP contribution is 2.05. The van der Waals surface area contributed by atoms with Crippen molar-refractivity contribution in [3.63, 3.8) is 0 Å². The fraction of sp³-hybridized carbons (Fsp3) is 0.667. The van der Waals surface area contributed by atoms with E-state index < -0.39 is 10.0 Å². The van der Waals surface area contributed by atoms with Crippen molar-refractivity contribution in [3.05, 3.63) is 24.2 Å². The lowest BCUT2D eigenvalue weighted by Crippen LogP contribution is -2.49. The van der Waals surface area contributed by atoms with Crippen LogP contribution in [0.4, 0.5) is 0 Å². The van der Waals surface area contributed by atoms with Gasteiger partial charge in [0.25, 0.3) is 0 Å². The number of hydrogen-bond acceptors (Lipinski definition) is 5. The second-order valence-electron chi connectivity index (χ2n) is 4.76. The molecule has 0 aromatic carbocycles. The monoisotopic (exact) mass is 287 g/mol. The maximum Gasteiger partial charge on any atom is 0.211 e. The number of nitrogens with one attached hydrogen (secondary N) is 1. The summed E-state index contributed by atoms with van der Waals surface area (Å²) in [7, 11) is -3.03. The summed E-state index contributed by atoms with van der Waals surface area (Å²) in [4.78, 5) is 2.27. The molecule has 19 heavy (non-hydrogen) atoms. The quantitative estimate of drug-likeness (QED) is 0.743. The molecule has 0 atom stereocenters. The highest BCUT2D eigenvalue weighted by molar-refractivity contribution is 7.88. The smallest absolute Gasteiger partial charge is 0.211 e. The Balaban J connectivity index is 1.61. The molecule has 2 rings (SSSR count). The van der Waals surface area contributed by atoms with Gasteiger partial charge in [-0.1, -0.05) is 0 Å². The van der Waals surface area contributed by atoms with E-state index in [1.54, 1.807) is 10.6 Å². The average Bonchev–Trinajstić information content (AvgIpc) is 2.87. The third kappa shape index (κ3) is 4.61. The summed E-state index contributed by atoms with van der Waals surface area (Å²) in [6.45, 7) is 5.33. The molecule has 1 aliphatic heterocycles. The number of sulfonamides is 1. The van der Waals surface area contributed by atoms with Crippen LogP contribution in [0.1, 0.15) is 5.76 Å². The van der Waals surface area contributed by atoms with Gasteiger partial charge in [-0.25, -0.2) is 8.42 Å². The maximum absolute atomic E-state index is 11.4. The zero-order valence-electron chi connectivity index (χ0n) is 11.2. The minimum atomic E-state index is -3.03. The summed E-state index contributed by atoms with van der Waals surface area (Å²) in [5, 5.41) is 3.31. The van der Waals surface area contributed by atoms with Crippen molar-refractivity contribution in [2.24, 2.45) is 0 Å². The Morgan fingerprint density at radius 3 is 2.63 bits per heavy atom. The van der Waals surface area contributed by atoms with Crippen LogP contribution in [0.5, 0.6) is 0 Å². The van der Waals surface area contributed by atoms with Gasteiger partial charge in [-0.05, 0) is 12.1 Å². The minimum Gasteiger partial charge on any atom is -0.468 e. The number of piperazine rings is 1. The lowest BCUT2D eigenvalue weighted by molar-refractivity contribution is 0.189. The molecule has 0 unspecified atom stereocenters. The van der Waals surface area contributed by atoms with Crippen molar-refractivity contribution < 1.29 is 12.8 Å². The van der Waals surface area contributed by atoms with Gasteiger partial charge in [0.05, 0.1) is 19.1 Å². The number of nitrogens with zero attached hydrogens (tertiary/aromatic N) is 2. The van der Waals surface area contributed by atoms with Gasteiger partial charge in [-0.2, -0.15) is 4.31 Å². The van der Waals surface area contributed by atoms with Crippen molar-refractivity contribution in [2.75, 3.05) is 45.5 Å². The summed E-state index contributed by atoms with van der Waals surface area (Å²) in [6, 6.07) is 3.82.